The summed E-state index contributed by atoms with van der Waals surface area (Å²) in [6, 6.07) is 20.3. The molecule has 0 amide bonds. The lowest BCUT2D eigenvalue weighted by atomic mass is 9.87. The Morgan fingerprint density at radius 3 is 2.67 bits per heavy atom. The average Bonchev–Trinajstić information content (AvgIpc) is 2.56. The van der Waals surface area contributed by atoms with Crippen molar-refractivity contribution >= 4 is 0 Å². The first-order chi connectivity index (χ1) is 10.3. The molecule has 21 heavy (non-hydrogen) atoms. The van der Waals surface area contributed by atoms with Gasteiger partial charge in [-0.1, -0.05) is 61.5 Å². The highest BCUT2D eigenvalue weighted by atomic mass is 14.9. The maximum Gasteiger partial charge on any atom is 0.0323 e. The lowest BCUT2D eigenvalue weighted by Gasteiger charge is -2.27. The summed E-state index contributed by atoms with van der Waals surface area (Å²) in [5.41, 5.74) is 4.51. The lowest BCUT2D eigenvalue weighted by molar-refractivity contribution is 0.446. The number of aryl methyl sites for hydroxylation is 1. The Bertz CT molecular complexity index is 561. The predicted molar refractivity (Wildman–Crippen MR) is 89.6 cm³/mol. The van der Waals surface area contributed by atoms with Crippen LogP contribution in [0.5, 0.6) is 0 Å². The van der Waals surface area contributed by atoms with Crippen molar-refractivity contribution < 1.29 is 0 Å². The summed E-state index contributed by atoms with van der Waals surface area (Å²) in [5.74, 6) is 0.623. The van der Waals surface area contributed by atoms with E-state index in [2.05, 4.69) is 66.8 Å². The van der Waals surface area contributed by atoms with Gasteiger partial charge in [-0.15, -0.1) is 0 Å². The van der Waals surface area contributed by atoms with Crippen LogP contribution in [0.4, 0.5) is 0 Å². The standard InChI is InChI=1S/C20H25N/c1-16(17-8-3-2-4-9-17)14-15-21-20-13-7-11-18-10-5-6-12-19(18)20/h2-6,8-10,12,16,20-21H,7,11,13-15H2,1H3. The second-order valence-electron chi connectivity index (χ2n) is 6.20. The SMILES string of the molecule is CC(CCNC1CCCc2ccccc21)c1ccccc1. The van der Waals surface area contributed by atoms with Crippen LogP contribution in [0.25, 0.3) is 0 Å². The van der Waals surface area contributed by atoms with E-state index in [0.29, 0.717) is 12.0 Å². The van der Waals surface area contributed by atoms with Gasteiger partial charge in [-0.25, -0.2) is 0 Å². The fourth-order valence-electron chi connectivity index (χ4n) is 3.39. The third kappa shape index (κ3) is 3.54. The van der Waals surface area contributed by atoms with Crippen molar-refractivity contribution in [1.82, 2.24) is 5.32 Å². The number of fused-ring (bicyclic) bond motifs is 1. The minimum absolute atomic E-state index is 0.554. The van der Waals surface area contributed by atoms with E-state index in [9.17, 15) is 0 Å². The Balaban J connectivity index is 1.55. The molecule has 0 saturated heterocycles. The van der Waals surface area contributed by atoms with Gasteiger partial charge < -0.3 is 5.32 Å². The minimum Gasteiger partial charge on any atom is -0.310 e. The van der Waals surface area contributed by atoms with Gasteiger partial charge in [0.05, 0.1) is 0 Å². The fraction of sp³-hybridized carbons (Fsp3) is 0.400. The van der Waals surface area contributed by atoms with Gasteiger partial charge in [-0.2, -0.15) is 0 Å². The largest absolute Gasteiger partial charge is 0.310 e. The zero-order valence-corrected chi connectivity index (χ0v) is 12.9. The molecule has 0 bridgehead atoms. The molecule has 0 saturated carbocycles. The summed E-state index contributed by atoms with van der Waals surface area (Å²) in [6.45, 7) is 3.42. The molecule has 1 aliphatic carbocycles. The van der Waals surface area contributed by atoms with Crippen molar-refractivity contribution in [3.63, 3.8) is 0 Å². The molecule has 2 unspecified atom stereocenters. The normalized spacial score (nSPS) is 19.0. The van der Waals surface area contributed by atoms with Gasteiger partial charge in [-0.3, -0.25) is 0 Å². The van der Waals surface area contributed by atoms with E-state index in [1.807, 2.05) is 0 Å². The van der Waals surface area contributed by atoms with Gasteiger partial charge in [-0.05, 0) is 54.8 Å². The molecule has 1 aliphatic rings. The van der Waals surface area contributed by atoms with E-state index in [1.165, 1.54) is 42.4 Å². The van der Waals surface area contributed by atoms with Gasteiger partial charge in [0.2, 0.25) is 0 Å². The molecule has 1 N–H and O–H groups in total. The Morgan fingerprint density at radius 2 is 1.81 bits per heavy atom. The summed E-state index contributed by atoms with van der Waals surface area (Å²) < 4.78 is 0. The number of hydrogen-bond acceptors (Lipinski definition) is 1. The van der Waals surface area contributed by atoms with E-state index in [-0.39, 0.29) is 0 Å². The second kappa shape index (κ2) is 6.91. The highest BCUT2D eigenvalue weighted by Crippen LogP contribution is 2.29. The van der Waals surface area contributed by atoms with E-state index >= 15 is 0 Å². The van der Waals surface area contributed by atoms with Crippen molar-refractivity contribution in [2.45, 2.75) is 44.6 Å². The van der Waals surface area contributed by atoms with Gasteiger partial charge in [0.1, 0.15) is 0 Å². The third-order valence-corrected chi connectivity index (χ3v) is 4.71. The molecule has 0 radical (unpaired) electrons. The van der Waals surface area contributed by atoms with Crippen LogP contribution in [0.3, 0.4) is 0 Å². The molecule has 2 aromatic rings. The molecule has 1 heteroatoms. The lowest BCUT2D eigenvalue weighted by Crippen LogP contribution is -2.26. The van der Waals surface area contributed by atoms with Crippen molar-refractivity contribution in [1.29, 1.82) is 0 Å². The van der Waals surface area contributed by atoms with Crippen LogP contribution in [0.2, 0.25) is 0 Å². The molecule has 1 nitrogen and oxygen atoms in total. The van der Waals surface area contributed by atoms with E-state index in [1.54, 1.807) is 0 Å². The number of rotatable bonds is 5. The van der Waals surface area contributed by atoms with E-state index < -0.39 is 0 Å². The topological polar surface area (TPSA) is 12.0 Å². The summed E-state index contributed by atoms with van der Waals surface area (Å²) >= 11 is 0. The minimum atomic E-state index is 0.554. The summed E-state index contributed by atoms with van der Waals surface area (Å²) in [7, 11) is 0. The quantitative estimate of drug-likeness (QED) is 0.825. The molecule has 0 aromatic heterocycles. The number of nitrogens with one attached hydrogen (secondary N) is 1. The van der Waals surface area contributed by atoms with Gasteiger partial charge in [0.25, 0.3) is 0 Å². The van der Waals surface area contributed by atoms with Crippen molar-refractivity contribution in [3.8, 4) is 0 Å². The molecule has 0 aliphatic heterocycles. The van der Waals surface area contributed by atoms with Crippen LogP contribution in [-0.4, -0.2) is 6.54 Å². The van der Waals surface area contributed by atoms with E-state index in [4.69, 9.17) is 0 Å². The summed E-state index contributed by atoms with van der Waals surface area (Å²) in [6.07, 6.45) is 5.02. The maximum atomic E-state index is 3.78. The Hall–Kier alpha value is -1.60. The average molecular weight is 279 g/mol. The van der Waals surface area contributed by atoms with Gasteiger partial charge >= 0.3 is 0 Å². The van der Waals surface area contributed by atoms with Crippen LogP contribution in [-0.2, 0) is 6.42 Å². The van der Waals surface area contributed by atoms with Crippen molar-refractivity contribution in [2.75, 3.05) is 6.54 Å². The van der Waals surface area contributed by atoms with Crippen LogP contribution >= 0.6 is 0 Å². The van der Waals surface area contributed by atoms with Crippen molar-refractivity contribution in [3.05, 3.63) is 71.3 Å². The van der Waals surface area contributed by atoms with E-state index in [0.717, 1.165) is 6.54 Å². The first-order valence-corrected chi connectivity index (χ1v) is 8.21. The zero-order valence-electron chi connectivity index (χ0n) is 12.9. The Kier molecular flexibility index (Phi) is 4.72. The molecule has 2 atom stereocenters. The Morgan fingerprint density at radius 1 is 1.05 bits per heavy atom. The maximum absolute atomic E-state index is 3.78. The molecular weight excluding hydrogens is 254 g/mol. The summed E-state index contributed by atoms with van der Waals surface area (Å²) in [5, 5.41) is 3.78. The molecular formula is C20H25N. The van der Waals surface area contributed by atoms with Crippen molar-refractivity contribution in [2.24, 2.45) is 0 Å². The molecule has 110 valence electrons. The fourth-order valence-corrected chi connectivity index (χ4v) is 3.39. The molecule has 3 rings (SSSR count). The molecule has 0 fully saturated rings. The first-order valence-electron chi connectivity index (χ1n) is 8.21. The highest BCUT2D eigenvalue weighted by Gasteiger charge is 2.19. The smallest absolute Gasteiger partial charge is 0.0323 e. The van der Waals surface area contributed by atoms with Gasteiger partial charge in [0.15, 0.2) is 0 Å². The third-order valence-electron chi connectivity index (χ3n) is 4.71. The zero-order chi connectivity index (χ0) is 14.5. The van der Waals surface area contributed by atoms with Crippen LogP contribution in [0.1, 0.15) is 54.8 Å². The predicted octanol–water partition coefficient (Wildman–Crippen LogP) is 4.85. The summed E-state index contributed by atoms with van der Waals surface area (Å²) in [4.78, 5) is 0. The first kappa shape index (κ1) is 14.3. The molecule has 0 spiro atoms. The van der Waals surface area contributed by atoms with Crippen LogP contribution < -0.4 is 5.32 Å². The number of hydrogen-bond donors (Lipinski definition) is 1. The molecule has 2 aromatic carbocycles. The number of benzene rings is 2. The van der Waals surface area contributed by atoms with Crippen LogP contribution in [0, 0.1) is 0 Å². The van der Waals surface area contributed by atoms with Gasteiger partial charge in [0, 0.05) is 6.04 Å². The highest BCUT2D eigenvalue weighted by molar-refractivity contribution is 5.32. The van der Waals surface area contributed by atoms with Crippen LogP contribution in [0.15, 0.2) is 54.6 Å². The monoisotopic (exact) mass is 279 g/mol. The Labute approximate surface area is 128 Å². The molecule has 0 heterocycles. The second-order valence-corrected chi connectivity index (χ2v) is 6.20.